The van der Waals surface area contributed by atoms with Crippen LogP contribution in [0.3, 0.4) is 0 Å². The van der Waals surface area contributed by atoms with Gasteiger partial charge in [0.05, 0.1) is 10.7 Å². The molecule has 2 heterocycles. The summed E-state index contributed by atoms with van der Waals surface area (Å²) in [6, 6.07) is 3.57. The van der Waals surface area contributed by atoms with Crippen LogP contribution in [0.2, 0.25) is 5.02 Å². The Bertz CT molecular complexity index is 604. The molecule has 2 aromatic heterocycles. The highest BCUT2D eigenvalue weighted by Crippen LogP contribution is 2.16. The van der Waals surface area contributed by atoms with E-state index in [9.17, 15) is 4.79 Å². The molecule has 102 valence electrons. The molecular formula is C14H18ClN3O. The molecule has 2 aromatic rings. The standard InChI is InChI=1S/C14H18ClN3O/c1-9(2)6-7-16-14(19)13-10(3)17-12-5-4-11(15)8-18(12)13/h4-5,8-9H,6-7H2,1-3H3,(H,16,19). The van der Waals surface area contributed by atoms with E-state index in [1.165, 1.54) is 0 Å². The Morgan fingerprint density at radius 3 is 2.89 bits per heavy atom. The van der Waals surface area contributed by atoms with Gasteiger partial charge in [0.25, 0.3) is 5.91 Å². The van der Waals surface area contributed by atoms with Crippen LogP contribution in [0, 0.1) is 12.8 Å². The second kappa shape index (κ2) is 5.61. The fourth-order valence-corrected chi connectivity index (χ4v) is 2.13. The molecule has 19 heavy (non-hydrogen) atoms. The minimum Gasteiger partial charge on any atom is -0.351 e. The van der Waals surface area contributed by atoms with Crippen molar-refractivity contribution in [2.75, 3.05) is 6.54 Å². The van der Waals surface area contributed by atoms with Crippen molar-refractivity contribution < 1.29 is 4.79 Å². The lowest BCUT2D eigenvalue weighted by atomic mass is 10.1. The fourth-order valence-electron chi connectivity index (χ4n) is 1.97. The number of pyridine rings is 1. The number of amides is 1. The summed E-state index contributed by atoms with van der Waals surface area (Å²) < 4.78 is 1.74. The molecule has 0 unspecified atom stereocenters. The molecule has 2 rings (SSSR count). The van der Waals surface area contributed by atoms with Crippen molar-refractivity contribution in [2.24, 2.45) is 5.92 Å². The maximum atomic E-state index is 12.2. The lowest BCUT2D eigenvalue weighted by Crippen LogP contribution is -2.27. The average Bonchev–Trinajstić information content (AvgIpc) is 2.63. The SMILES string of the molecule is Cc1nc2ccc(Cl)cn2c1C(=O)NCCC(C)C. The minimum absolute atomic E-state index is 0.104. The first-order valence-electron chi connectivity index (χ1n) is 6.41. The summed E-state index contributed by atoms with van der Waals surface area (Å²) in [7, 11) is 0. The van der Waals surface area contributed by atoms with E-state index in [1.54, 1.807) is 22.7 Å². The summed E-state index contributed by atoms with van der Waals surface area (Å²) in [6.07, 6.45) is 2.68. The Morgan fingerprint density at radius 2 is 2.21 bits per heavy atom. The number of aromatic nitrogens is 2. The maximum absolute atomic E-state index is 12.2. The lowest BCUT2D eigenvalue weighted by Gasteiger charge is -2.07. The molecule has 0 aliphatic heterocycles. The summed E-state index contributed by atoms with van der Waals surface area (Å²) in [5.74, 6) is 0.464. The zero-order valence-corrected chi connectivity index (χ0v) is 12.2. The van der Waals surface area contributed by atoms with Gasteiger partial charge in [0, 0.05) is 12.7 Å². The van der Waals surface area contributed by atoms with Crippen molar-refractivity contribution in [1.82, 2.24) is 14.7 Å². The Balaban J connectivity index is 2.26. The molecule has 0 aliphatic rings. The average molecular weight is 280 g/mol. The molecule has 0 bridgehead atoms. The maximum Gasteiger partial charge on any atom is 0.270 e. The number of halogens is 1. The Hall–Kier alpha value is -1.55. The van der Waals surface area contributed by atoms with Gasteiger partial charge in [-0.1, -0.05) is 25.4 Å². The van der Waals surface area contributed by atoms with E-state index in [-0.39, 0.29) is 5.91 Å². The first kappa shape index (κ1) is 13.9. The van der Waals surface area contributed by atoms with E-state index in [0.29, 0.717) is 28.9 Å². The number of aryl methyl sites for hydroxylation is 1. The molecule has 5 heteroatoms. The first-order chi connectivity index (χ1) is 8.99. The van der Waals surface area contributed by atoms with Crippen molar-refractivity contribution >= 4 is 23.2 Å². The molecule has 1 amide bonds. The Morgan fingerprint density at radius 1 is 1.47 bits per heavy atom. The van der Waals surface area contributed by atoms with Crippen LogP contribution < -0.4 is 5.32 Å². The van der Waals surface area contributed by atoms with Crippen LogP contribution in [-0.2, 0) is 0 Å². The zero-order chi connectivity index (χ0) is 14.0. The van der Waals surface area contributed by atoms with Crippen molar-refractivity contribution in [3.63, 3.8) is 0 Å². The van der Waals surface area contributed by atoms with Crippen LogP contribution >= 0.6 is 11.6 Å². The number of nitrogens with one attached hydrogen (secondary N) is 1. The number of fused-ring (bicyclic) bond motifs is 1. The molecule has 0 atom stereocenters. The number of carbonyl (C=O) groups is 1. The van der Waals surface area contributed by atoms with Crippen molar-refractivity contribution in [1.29, 1.82) is 0 Å². The van der Waals surface area contributed by atoms with Gasteiger partial charge in [0.1, 0.15) is 11.3 Å². The van der Waals surface area contributed by atoms with E-state index in [4.69, 9.17) is 11.6 Å². The van der Waals surface area contributed by atoms with Gasteiger partial charge in [0.15, 0.2) is 0 Å². The van der Waals surface area contributed by atoms with Gasteiger partial charge in [-0.2, -0.15) is 0 Å². The van der Waals surface area contributed by atoms with Gasteiger partial charge in [-0.05, 0) is 31.4 Å². The molecule has 0 aromatic carbocycles. The fraction of sp³-hybridized carbons (Fsp3) is 0.429. The van der Waals surface area contributed by atoms with E-state index < -0.39 is 0 Å². The summed E-state index contributed by atoms with van der Waals surface area (Å²) in [5, 5.41) is 3.51. The summed E-state index contributed by atoms with van der Waals surface area (Å²) in [5.41, 5.74) is 2.00. The normalized spacial score (nSPS) is 11.2. The highest BCUT2D eigenvalue weighted by molar-refractivity contribution is 6.30. The second-order valence-corrected chi connectivity index (χ2v) is 5.50. The topological polar surface area (TPSA) is 46.4 Å². The minimum atomic E-state index is -0.104. The third kappa shape index (κ3) is 3.07. The third-order valence-electron chi connectivity index (χ3n) is 2.98. The highest BCUT2D eigenvalue weighted by Gasteiger charge is 2.16. The number of hydrogen-bond acceptors (Lipinski definition) is 2. The van der Waals surface area contributed by atoms with Gasteiger partial charge < -0.3 is 5.32 Å². The van der Waals surface area contributed by atoms with E-state index >= 15 is 0 Å². The van der Waals surface area contributed by atoms with Crippen LogP contribution in [0.1, 0.15) is 36.5 Å². The molecule has 0 fully saturated rings. The monoisotopic (exact) mass is 279 g/mol. The summed E-state index contributed by atoms with van der Waals surface area (Å²) >= 11 is 5.97. The molecule has 4 nitrogen and oxygen atoms in total. The van der Waals surface area contributed by atoms with Gasteiger partial charge >= 0.3 is 0 Å². The molecular weight excluding hydrogens is 262 g/mol. The summed E-state index contributed by atoms with van der Waals surface area (Å²) in [6.45, 7) is 6.76. The van der Waals surface area contributed by atoms with Crippen LogP contribution in [0.15, 0.2) is 18.3 Å². The summed E-state index contributed by atoms with van der Waals surface area (Å²) in [4.78, 5) is 16.6. The Kier molecular flexibility index (Phi) is 4.10. The van der Waals surface area contributed by atoms with Crippen LogP contribution in [0.4, 0.5) is 0 Å². The van der Waals surface area contributed by atoms with Crippen molar-refractivity contribution in [3.8, 4) is 0 Å². The third-order valence-corrected chi connectivity index (χ3v) is 3.20. The highest BCUT2D eigenvalue weighted by atomic mass is 35.5. The van der Waals surface area contributed by atoms with Crippen LogP contribution in [0.5, 0.6) is 0 Å². The number of nitrogens with zero attached hydrogens (tertiary/aromatic N) is 2. The largest absolute Gasteiger partial charge is 0.351 e. The molecule has 0 saturated carbocycles. The van der Waals surface area contributed by atoms with Gasteiger partial charge in [-0.15, -0.1) is 0 Å². The van der Waals surface area contributed by atoms with Crippen LogP contribution in [-0.4, -0.2) is 21.8 Å². The Labute approximate surface area is 117 Å². The number of imidazole rings is 1. The smallest absolute Gasteiger partial charge is 0.270 e. The number of carbonyl (C=O) groups excluding carboxylic acids is 1. The van der Waals surface area contributed by atoms with Crippen molar-refractivity contribution in [3.05, 3.63) is 34.7 Å². The molecule has 0 radical (unpaired) electrons. The number of hydrogen-bond donors (Lipinski definition) is 1. The quantitative estimate of drug-likeness (QED) is 0.935. The van der Waals surface area contributed by atoms with Gasteiger partial charge in [-0.25, -0.2) is 4.98 Å². The van der Waals surface area contributed by atoms with Crippen molar-refractivity contribution in [2.45, 2.75) is 27.2 Å². The molecule has 0 spiro atoms. The number of rotatable bonds is 4. The van der Waals surface area contributed by atoms with Crippen LogP contribution in [0.25, 0.3) is 5.65 Å². The predicted molar refractivity (Wildman–Crippen MR) is 76.7 cm³/mol. The van der Waals surface area contributed by atoms with Gasteiger partial charge in [0.2, 0.25) is 0 Å². The van der Waals surface area contributed by atoms with E-state index in [1.807, 2.05) is 6.92 Å². The zero-order valence-electron chi connectivity index (χ0n) is 11.4. The van der Waals surface area contributed by atoms with Gasteiger partial charge in [-0.3, -0.25) is 9.20 Å². The lowest BCUT2D eigenvalue weighted by molar-refractivity contribution is 0.0945. The molecule has 0 saturated heterocycles. The second-order valence-electron chi connectivity index (χ2n) is 5.06. The molecule has 1 N–H and O–H groups in total. The van der Waals surface area contributed by atoms with E-state index in [2.05, 4.69) is 24.1 Å². The molecule has 0 aliphatic carbocycles. The predicted octanol–water partition coefficient (Wildman–Crippen LogP) is 3.07. The first-order valence-corrected chi connectivity index (χ1v) is 6.79. The van der Waals surface area contributed by atoms with E-state index in [0.717, 1.165) is 12.1 Å².